The summed E-state index contributed by atoms with van der Waals surface area (Å²) >= 11 is 6.30. The van der Waals surface area contributed by atoms with Gasteiger partial charge in [0.15, 0.2) is 0 Å². The average molecular weight is 366 g/mol. The van der Waals surface area contributed by atoms with Crippen molar-refractivity contribution >= 4 is 23.5 Å². The summed E-state index contributed by atoms with van der Waals surface area (Å²) in [5, 5.41) is 0.441. The second kappa shape index (κ2) is 7.57. The van der Waals surface area contributed by atoms with E-state index in [1.54, 1.807) is 24.4 Å². The summed E-state index contributed by atoms with van der Waals surface area (Å²) < 4.78 is 23.5. The Morgan fingerprint density at radius 3 is 2.84 bits per heavy atom. The Labute approximate surface area is 149 Å². The van der Waals surface area contributed by atoms with Crippen molar-refractivity contribution in [3.8, 4) is 5.75 Å². The van der Waals surface area contributed by atoms with Gasteiger partial charge in [0, 0.05) is 19.0 Å². The van der Waals surface area contributed by atoms with E-state index in [4.69, 9.17) is 26.8 Å². The normalized spacial score (nSPS) is 16.7. The number of hydrogen-bond donors (Lipinski definition) is 1. The molecule has 0 aliphatic carbocycles. The molecule has 132 valence electrons. The van der Waals surface area contributed by atoms with Crippen LogP contribution >= 0.6 is 11.6 Å². The molecule has 0 spiro atoms. The van der Waals surface area contributed by atoms with Crippen LogP contribution in [0.15, 0.2) is 36.5 Å². The van der Waals surface area contributed by atoms with E-state index in [1.807, 2.05) is 4.90 Å². The van der Waals surface area contributed by atoms with Crippen molar-refractivity contribution in [2.24, 2.45) is 5.73 Å². The topological polar surface area (TPSA) is 77.7 Å². The highest BCUT2D eigenvalue weighted by Gasteiger charge is 2.27. The highest BCUT2D eigenvalue weighted by Crippen LogP contribution is 2.30. The fraction of sp³-hybridized carbons (Fsp3) is 0.294. The van der Waals surface area contributed by atoms with Crippen LogP contribution < -0.4 is 15.4 Å². The first-order valence-electron chi connectivity index (χ1n) is 7.75. The molecule has 0 unspecified atom stereocenters. The standard InChI is InChI=1S/C17H17ClFN3O3/c18-15-7-14(24-10-11-1-3-12(19)4-2-11)8-21-16(15)22-6-5-13(9-22)25-17(20)23/h1-4,7-8,13H,5-6,9-10H2,(H2,20,23)/t13-/m1/s1. The minimum absolute atomic E-state index is 0.259. The highest BCUT2D eigenvalue weighted by atomic mass is 35.5. The molecular formula is C17H17ClFN3O3. The number of pyridine rings is 1. The van der Waals surface area contributed by atoms with E-state index in [2.05, 4.69) is 4.98 Å². The highest BCUT2D eigenvalue weighted by molar-refractivity contribution is 6.33. The molecule has 6 nitrogen and oxygen atoms in total. The zero-order valence-electron chi connectivity index (χ0n) is 13.3. The number of halogens is 2. The number of aromatic nitrogens is 1. The molecule has 0 saturated carbocycles. The van der Waals surface area contributed by atoms with Crippen molar-refractivity contribution < 1.29 is 18.7 Å². The van der Waals surface area contributed by atoms with Crippen LogP contribution in [-0.2, 0) is 11.3 Å². The molecule has 1 aromatic carbocycles. The number of carbonyl (C=O) groups is 1. The summed E-state index contributed by atoms with van der Waals surface area (Å²) in [5.74, 6) is 0.829. The predicted molar refractivity (Wildman–Crippen MR) is 91.3 cm³/mol. The Morgan fingerprint density at radius 1 is 1.40 bits per heavy atom. The van der Waals surface area contributed by atoms with Gasteiger partial charge in [-0.2, -0.15) is 0 Å². The van der Waals surface area contributed by atoms with Crippen LogP contribution in [0.5, 0.6) is 5.75 Å². The van der Waals surface area contributed by atoms with E-state index in [9.17, 15) is 9.18 Å². The number of rotatable bonds is 5. The van der Waals surface area contributed by atoms with Crippen LogP contribution in [0.25, 0.3) is 0 Å². The van der Waals surface area contributed by atoms with E-state index in [-0.39, 0.29) is 18.5 Å². The molecule has 1 aliphatic rings. The Balaban J connectivity index is 1.61. The van der Waals surface area contributed by atoms with Crippen molar-refractivity contribution in [3.63, 3.8) is 0 Å². The minimum atomic E-state index is -0.782. The zero-order chi connectivity index (χ0) is 17.8. The SMILES string of the molecule is NC(=O)O[C@@H]1CCN(c2ncc(OCc3ccc(F)cc3)cc2Cl)C1. The molecular weight excluding hydrogens is 349 g/mol. The molecule has 1 saturated heterocycles. The van der Waals surface area contributed by atoms with Crippen molar-refractivity contribution in [1.82, 2.24) is 4.98 Å². The van der Waals surface area contributed by atoms with Crippen molar-refractivity contribution in [3.05, 3.63) is 52.9 Å². The van der Waals surface area contributed by atoms with Crippen molar-refractivity contribution in [2.75, 3.05) is 18.0 Å². The number of ether oxygens (including phenoxy) is 2. The second-order valence-corrected chi connectivity index (χ2v) is 6.09. The molecule has 1 amide bonds. The molecule has 0 bridgehead atoms. The molecule has 25 heavy (non-hydrogen) atoms. The first-order valence-corrected chi connectivity index (χ1v) is 8.13. The van der Waals surface area contributed by atoms with Gasteiger partial charge in [-0.05, 0) is 17.7 Å². The molecule has 0 radical (unpaired) electrons. The lowest BCUT2D eigenvalue weighted by molar-refractivity contribution is 0.117. The lowest BCUT2D eigenvalue weighted by Crippen LogP contribution is -2.27. The minimum Gasteiger partial charge on any atom is -0.487 e. The van der Waals surface area contributed by atoms with Crippen molar-refractivity contribution in [2.45, 2.75) is 19.1 Å². The number of hydrogen-bond acceptors (Lipinski definition) is 5. The van der Waals surface area contributed by atoms with Gasteiger partial charge in [-0.25, -0.2) is 14.2 Å². The fourth-order valence-electron chi connectivity index (χ4n) is 2.65. The van der Waals surface area contributed by atoms with Crippen molar-refractivity contribution in [1.29, 1.82) is 0 Å². The van der Waals surface area contributed by atoms with Crippen LogP contribution in [-0.4, -0.2) is 30.3 Å². The summed E-state index contributed by atoms with van der Waals surface area (Å²) in [6, 6.07) is 7.75. The maximum absolute atomic E-state index is 12.9. The number of benzene rings is 1. The molecule has 1 aromatic heterocycles. The molecule has 2 aromatic rings. The Morgan fingerprint density at radius 2 is 2.16 bits per heavy atom. The molecule has 1 atom stereocenters. The maximum atomic E-state index is 12.9. The van der Waals surface area contributed by atoms with E-state index in [1.165, 1.54) is 12.1 Å². The van der Waals surface area contributed by atoms with Gasteiger partial charge in [0.05, 0.1) is 17.8 Å². The van der Waals surface area contributed by atoms with E-state index in [0.29, 0.717) is 36.1 Å². The largest absolute Gasteiger partial charge is 0.487 e. The third-order valence-electron chi connectivity index (χ3n) is 3.84. The molecule has 8 heteroatoms. The first kappa shape index (κ1) is 17.3. The summed E-state index contributed by atoms with van der Waals surface area (Å²) in [4.78, 5) is 17.1. The van der Waals surface area contributed by atoms with Gasteiger partial charge >= 0.3 is 6.09 Å². The van der Waals surface area contributed by atoms with Gasteiger partial charge in [-0.15, -0.1) is 0 Å². The summed E-state index contributed by atoms with van der Waals surface area (Å²) in [6.07, 6.45) is 1.21. The van der Waals surface area contributed by atoms with Gasteiger partial charge in [0.25, 0.3) is 0 Å². The molecule has 2 heterocycles. The maximum Gasteiger partial charge on any atom is 0.404 e. The van der Waals surface area contributed by atoms with Gasteiger partial charge in [0.1, 0.15) is 30.1 Å². The Hall–Kier alpha value is -2.54. The molecule has 2 N–H and O–H groups in total. The molecule has 1 fully saturated rings. The fourth-order valence-corrected chi connectivity index (χ4v) is 2.93. The lowest BCUT2D eigenvalue weighted by atomic mass is 10.2. The summed E-state index contributed by atoms with van der Waals surface area (Å²) in [7, 11) is 0. The van der Waals surface area contributed by atoms with E-state index in [0.717, 1.165) is 5.56 Å². The smallest absolute Gasteiger partial charge is 0.404 e. The number of carbonyl (C=O) groups excluding carboxylic acids is 1. The predicted octanol–water partition coefficient (Wildman–Crippen LogP) is 3.13. The van der Waals surface area contributed by atoms with Crippen LogP contribution in [0.4, 0.5) is 15.0 Å². The van der Waals surface area contributed by atoms with Crippen LogP contribution in [0.2, 0.25) is 5.02 Å². The van der Waals surface area contributed by atoms with Gasteiger partial charge < -0.3 is 20.1 Å². The number of nitrogens with two attached hydrogens (primary N) is 1. The third-order valence-corrected chi connectivity index (χ3v) is 4.12. The third kappa shape index (κ3) is 4.51. The summed E-state index contributed by atoms with van der Waals surface area (Å²) in [6.45, 7) is 1.45. The zero-order valence-corrected chi connectivity index (χ0v) is 14.1. The number of nitrogens with zero attached hydrogens (tertiary/aromatic N) is 2. The van der Waals surface area contributed by atoms with Crippen LogP contribution in [0.3, 0.4) is 0 Å². The molecule has 1 aliphatic heterocycles. The number of amides is 1. The first-order chi connectivity index (χ1) is 12.0. The Bertz CT molecular complexity index is 757. The van der Waals surface area contributed by atoms with Gasteiger partial charge in [0.2, 0.25) is 0 Å². The summed E-state index contributed by atoms with van der Waals surface area (Å²) in [5.41, 5.74) is 5.88. The number of primary amides is 1. The van der Waals surface area contributed by atoms with Gasteiger partial charge in [-0.3, -0.25) is 0 Å². The number of anilines is 1. The van der Waals surface area contributed by atoms with Crippen LogP contribution in [0, 0.1) is 5.82 Å². The Kier molecular flexibility index (Phi) is 5.23. The average Bonchev–Trinajstić information content (AvgIpc) is 3.02. The quantitative estimate of drug-likeness (QED) is 0.880. The monoisotopic (exact) mass is 365 g/mol. The van der Waals surface area contributed by atoms with Crippen LogP contribution in [0.1, 0.15) is 12.0 Å². The van der Waals surface area contributed by atoms with Gasteiger partial charge in [-0.1, -0.05) is 23.7 Å². The molecule has 3 rings (SSSR count). The second-order valence-electron chi connectivity index (χ2n) is 5.69. The van der Waals surface area contributed by atoms with E-state index >= 15 is 0 Å². The van der Waals surface area contributed by atoms with E-state index < -0.39 is 6.09 Å². The lowest BCUT2D eigenvalue weighted by Gasteiger charge is -2.19.